The van der Waals surface area contributed by atoms with Gasteiger partial charge in [-0.05, 0) is 68.1 Å². The second-order valence-electron chi connectivity index (χ2n) is 6.12. The fourth-order valence-corrected chi connectivity index (χ4v) is 2.33. The van der Waals surface area contributed by atoms with E-state index >= 15 is 0 Å². The van der Waals surface area contributed by atoms with Gasteiger partial charge in [0.2, 0.25) is 0 Å². The Bertz CT molecular complexity index is 859. The third kappa shape index (κ3) is 4.92. The van der Waals surface area contributed by atoms with Crippen molar-refractivity contribution >= 4 is 23.6 Å². The van der Waals surface area contributed by atoms with Crippen molar-refractivity contribution in [1.29, 1.82) is 0 Å². The van der Waals surface area contributed by atoms with Gasteiger partial charge in [0.25, 0.3) is 5.91 Å². The van der Waals surface area contributed by atoms with Crippen LogP contribution in [0.3, 0.4) is 0 Å². The van der Waals surface area contributed by atoms with E-state index in [-0.39, 0.29) is 0 Å². The third-order valence-electron chi connectivity index (χ3n) is 4.18. The second-order valence-corrected chi connectivity index (χ2v) is 6.12. The number of carbonyl (C=O) groups is 3. The van der Waals surface area contributed by atoms with E-state index in [2.05, 4.69) is 10.6 Å². The number of rotatable bonds is 4. The van der Waals surface area contributed by atoms with E-state index in [0.29, 0.717) is 11.3 Å². The minimum atomic E-state index is -0.704. The van der Waals surface area contributed by atoms with Crippen molar-refractivity contribution in [2.75, 3.05) is 11.9 Å². The molecule has 2 aromatic carbocycles. The lowest BCUT2D eigenvalue weighted by atomic mass is 10.0. The molecule has 2 rings (SSSR count). The lowest BCUT2D eigenvalue weighted by molar-refractivity contribution is -0.123. The van der Waals surface area contributed by atoms with Gasteiger partial charge in [-0.1, -0.05) is 18.2 Å². The molecule has 0 aliphatic carbocycles. The monoisotopic (exact) mass is 354 g/mol. The zero-order valence-electron chi connectivity index (χ0n) is 15.3. The summed E-state index contributed by atoms with van der Waals surface area (Å²) in [7, 11) is 0. The van der Waals surface area contributed by atoms with Crippen LogP contribution in [-0.4, -0.2) is 24.5 Å². The number of amides is 3. The Hall–Kier alpha value is -3.15. The number of ether oxygens (including phenoxy) is 1. The number of urea groups is 1. The molecule has 0 aliphatic rings. The van der Waals surface area contributed by atoms with Crippen molar-refractivity contribution in [2.24, 2.45) is 0 Å². The predicted octanol–water partition coefficient (Wildman–Crippen LogP) is 3.43. The maximum atomic E-state index is 12.1. The molecule has 0 unspecified atom stereocenters. The zero-order chi connectivity index (χ0) is 19.3. The minimum Gasteiger partial charge on any atom is -0.452 e. The van der Waals surface area contributed by atoms with Crippen molar-refractivity contribution in [3.63, 3.8) is 0 Å². The Kier molecular flexibility index (Phi) is 6.11. The molecule has 0 bridgehead atoms. The molecule has 0 fully saturated rings. The molecular formula is C20H22N2O4. The first-order valence-corrected chi connectivity index (χ1v) is 8.19. The molecule has 2 aromatic rings. The molecule has 0 aliphatic heterocycles. The SMILES string of the molecule is Cc1ccc(NC(=O)NC(=O)COC(=O)c2cccc(C)c2C)cc1C. The summed E-state index contributed by atoms with van der Waals surface area (Å²) in [6.45, 7) is 7.05. The molecule has 136 valence electrons. The van der Waals surface area contributed by atoms with E-state index in [4.69, 9.17) is 4.74 Å². The predicted molar refractivity (Wildman–Crippen MR) is 99.3 cm³/mol. The lowest BCUT2D eigenvalue weighted by Gasteiger charge is -2.10. The van der Waals surface area contributed by atoms with Crippen LogP contribution in [0.5, 0.6) is 0 Å². The highest BCUT2D eigenvalue weighted by Gasteiger charge is 2.15. The first kappa shape index (κ1) is 19.2. The van der Waals surface area contributed by atoms with E-state index in [0.717, 1.165) is 22.3 Å². The first-order chi connectivity index (χ1) is 12.3. The molecule has 6 nitrogen and oxygen atoms in total. The van der Waals surface area contributed by atoms with Crippen LogP contribution in [-0.2, 0) is 9.53 Å². The maximum absolute atomic E-state index is 12.1. The van der Waals surface area contributed by atoms with Crippen LogP contribution < -0.4 is 10.6 Å². The summed E-state index contributed by atoms with van der Waals surface area (Å²) in [6, 6.07) is 10.0. The highest BCUT2D eigenvalue weighted by molar-refractivity contribution is 6.02. The summed E-state index contributed by atoms with van der Waals surface area (Å²) in [5.41, 5.74) is 4.85. The standard InChI is InChI=1S/C20H22N2O4/c1-12-8-9-16(10-14(12)3)21-20(25)22-18(23)11-26-19(24)17-7-5-6-13(2)15(17)4/h5-10H,11H2,1-4H3,(H2,21,22,23,25). The Morgan fingerprint density at radius 1 is 0.923 bits per heavy atom. The summed E-state index contributed by atoms with van der Waals surface area (Å²) in [5, 5.41) is 4.69. The van der Waals surface area contributed by atoms with Crippen LogP contribution in [0, 0.1) is 27.7 Å². The number of carbonyl (C=O) groups excluding carboxylic acids is 3. The molecule has 6 heteroatoms. The van der Waals surface area contributed by atoms with Gasteiger partial charge in [0, 0.05) is 5.69 Å². The molecule has 26 heavy (non-hydrogen) atoms. The van der Waals surface area contributed by atoms with Crippen LogP contribution in [0.1, 0.15) is 32.6 Å². The highest BCUT2D eigenvalue weighted by Crippen LogP contribution is 2.14. The van der Waals surface area contributed by atoms with Crippen LogP contribution in [0.15, 0.2) is 36.4 Å². The molecule has 0 heterocycles. The van der Waals surface area contributed by atoms with Gasteiger partial charge in [-0.3, -0.25) is 10.1 Å². The van der Waals surface area contributed by atoms with E-state index < -0.39 is 24.5 Å². The largest absolute Gasteiger partial charge is 0.452 e. The van der Waals surface area contributed by atoms with Gasteiger partial charge in [-0.25, -0.2) is 9.59 Å². The van der Waals surface area contributed by atoms with Crippen LogP contribution in [0.4, 0.5) is 10.5 Å². The van der Waals surface area contributed by atoms with Crippen LogP contribution in [0.25, 0.3) is 0 Å². The van der Waals surface area contributed by atoms with E-state index in [9.17, 15) is 14.4 Å². The number of benzene rings is 2. The Balaban J connectivity index is 1.86. The first-order valence-electron chi connectivity index (χ1n) is 8.19. The summed E-state index contributed by atoms with van der Waals surface area (Å²) >= 11 is 0. The minimum absolute atomic E-state index is 0.400. The van der Waals surface area contributed by atoms with Gasteiger partial charge in [0.1, 0.15) is 0 Å². The van der Waals surface area contributed by atoms with Gasteiger partial charge < -0.3 is 10.1 Å². The Morgan fingerprint density at radius 2 is 1.65 bits per heavy atom. The Labute approximate surface area is 152 Å². The van der Waals surface area contributed by atoms with Gasteiger partial charge >= 0.3 is 12.0 Å². The third-order valence-corrected chi connectivity index (χ3v) is 4.18. The summed E-state index contributed by atoms with van der Waals surface area (Å²) in [6.07, 6.45) is 0. The van der Waals surface area contributed by atoms with Crippen molar-refractivity contribution in [2.45, 2.75) is 27.7 Å². The number of nitrogens with one attached hydrogen (secondary N) is 2. The number of anilines is 1. The maximum Gasteiger partial charge on any atom is 0.338 e. The van der Waals surface area contributed by atoms with E-state index in [1.807, 2.05) is 39.8 Å². The van der Waals surface area contributed by atoms with Gasteiger partial charge in [-0.2, -0.15) is 0 Å². The quantitative estimate of drug-likeness (QED) is 0.824. The normalized spacial score (nSPS) is 10.2. The number of hydrogen-bond acceptors (Lipinski definition) is 4. The van der Waals surface area contributed by atoms with Gasteiger partial charge in [-0.15, -0.1) is 0 Å². The van der Waals surface area contributed by atoms with Crippen LogP contribution >= 0.6 is 0 Å². The average Bonchev–Trinajstić information content (AvgIpc) is 2.58. The topological polar surface area (TPSA) is 84.5 Å². The summed E-state index contributed by atoms with van der Waals surface area (Å²) in [4.78, 5) is 35.7. The molecule has 0 saturated carbocycles. The van der Waals surface area contributed by atoms with Crippen molar-refractivity contribution in [3.8, 4) is 0 Å². The number of esters is 1. The zero-order valence-corrected chi connectivity index (χ0v) is 15.3. The van der Waals surface area contributed by atoms with Crippen molar-refractivity contribution in [3.05, 3.63) is 64.2 Å². The summed E-state index contributed by atoms with van der Waals surface area (Å²) in [5.74, 6) is -1.30. The molecule has 0 spiro atoms. The smallest absolute Gasteiger partial charge is 0.338 e. The van der Waals surface area contributed by atoms with Crippen LogP contribution in [0.2, 0.25) is 0 Å². The molecule has 0 saturated heterocycles. The Morgan fingerprint density at radius 3 is 2.35 bits per heavy atom. The highest BCUT2D eigenvalue weighted by atomic mass is 16.5. The lowest BCUT2D eigenvalue weighted by Crippen LogP contribution is -2.37. The average molecular weight is 354 g/mol. The van der Waals surface area contributed by atoms with Crippen molar-refractivity contribution < 1.29 is 19.1 Å². The van der Waals surface area contributed by atoms with E-state index in [1.54, 1.807) is 24.3 Å². The van der Waals surface area contributed by atoms with E-state index in [1.165, 1.54) is 0 Å². The number of aryl methyl sites for hydroxylation is 3. The molecule has 3 amide bonds. The number of hydrogen-bond donors (Lipinski definition) is 2. The molecule has 0 atom stereocenters. The van der Waals surface area contributed by atoms with Crippen molar-refractivity contribution in [1.82, 2.24) is 5.32 Å². The molecule has 0 aromatic heterocycles. The fraction of sp³-hybridized carbons (Fsp3) is 0.250. The second kappa shape index (κ2) is 8.29. The fourth-order valence-electron chi connectivity index (χ4n) is 2.33. The van der Waals surface area contributed by atoms with Gasteiger partial charge in [0.15, 0.2) is 6.61 Å². The summed E-state index contributed by atoms with van der Waals surface area (Å²) < 4.78 is 4.98. The molecule has 0 radical (unpaired) electrons. The number of imide groups is 1. The molecular weight excluding hydrogens is 332 g/mol. The molecule has 2 N–H and O–H groups in total. The van der Waals surface area contributed by atoms with Gasteiger partial charge in [0.05, 0.1) is 5.56 Å².